The van der Waals surface area contributed by atoms with Gasteiger partial charge in [-0.15, -0.1) is 0 Å². The van der Waals surface area contributed by atoms with Crippen molar-refractivity contribution in [2.45, 2.75) is 25.3 Å². The lowest BCUT2D eigenvalue weighted by Crippen LogP contribution is -2.41. The fourth-order valence-corrected chi connectivity index (χ4v) is 4.24. The number of rotatable bonds is 2. The predicted octanol–water partition coefficient (Wildman–Crippen LogP) is 1.63. The Kier molecular flexibility index (Phi) is 3.15. The highest BCUT2D eigenvalue weighted by Gasteiger charge is 2.47. The molecule has 1 spiro atoms. The fraction of sp³-hybridized carbons (Fsp3) is 0.571. The second-order valence-electron chi connectivity index (χ2n) is 5.67. The van der Waals surface area contributed by atoms with E-state index in [1.165, 1.54) is 11.8 Å². The van der Waals surface area contributed by atoms with Crippen LogP contribution in [0.1, 0.15) is 30.0 Å². The number of fused-ring (bicyclic) bond motifs is 1. The first-order valence-electron chi connectivity index (χ1n) is 6.63. The molecular formula is C14H19NO3S. The highest BCUT2D eigenvalue weighted by atomic mass is 32.2. The Morgan fingerprint density at radius 1 is 1.26 bits per heavy atom. The van der Waals surface area contributed by atoms with Crippen molar-refractivity contribution in [1.82, 2.24) is 4.72 Å². The summed E-state index contributed by atoms with van der Waals surface area (Å²) in [7, 11) is -3.22. The van der Waals surface area contributed by atoms with Gasteiger partial charge in [0.25, 0.3) is 0 Å². The van der Waals surface area contributed by atoms with E-state index in [1.807, 2.05) is 18.2 Å². The second kappa shape index (κ2) is 4.58. The van der Waals surface area contributed by atoms with Gasteiger partial charge >= 0.3 is 0 Å². The van der Waals surface area contributed by atoms with E-state index in [0.29, 0.717) is 0 Å². The Morgan fingerprint density at radius 2 is 1.95 bits per heavy atom. The lowest BCUT2D eigenvalue weighted by Gasteiger charge is -2.39. The van der Waals surface area contributed by atoms with Crippen molar-refractivity contribution >= 4 is 10.0 Å². The highest BCUT2D eigenvalue weighted by Crippen LogP contribution is 2.51. The van der Waals surface area contributed by atoms with Crippen LogP contribution in [0.2, 0.25) is 0 Å². The molecule has 5 heteroatoms. The van der Waals surface area contributed by atoms with Crippen molar-refractivity contribution in [2.24, 2.45) is 5.41 Å². The molecule has 1 saturated heterocycles. The Morgan fingerprint density at radius 3 is 2.63 bits per heavy atom. The molecule has 0 unspecified atom stereocenters. The van der Waals surface area contributed by atoms with Gasteiger partial charge in [-0.25, -0.2) is 13.1 Å². The first-order chi connectivity index (χ1) is 9.00. The molecule has 2 aliphatic rings. The van der Waals surface area contributed by atoms with Crippen LogP contribution in [0.4, 0.5) is 0 Å². The maximum absolute atomic E-state index is 11.7. The van der Waals surface area contributed by atoms with Crippen LogP contribution in [0, 0.1) is 5.41 Å². The molecule has 0 amide bonds. The van der Waals surface area contributed by atoms with Crippen molar-refractivity contribution in [3.63, 3.8) is 0 Å². The number of hydrogen-bond acceptors (Lipinski definition) is 3. The average Bonchev–Trinajstić information content (AvgIpc) is 2.63. The van der Waals surface area contributed by atoms with E-state index in [-0.39, 0.29) is 11.5 Å². The lowest BCUT2D eigenvalue weighted by molar-refractivity contribution is 0.00414. The summed E-state index contributed by atoms with van der Waals surface area (Å²) in [5.41, 5.74) is 2.39. The lowest BCUT2D eigenvalue weighted by atomic mass is 9.75. The zero-order chi connectivity index (χ0) is 13.5. The van der Waals surface area contributed by atoms with E-state index >= 15 is 0 Å². The molecule has 1 atom stereocenters. The SMILES string of the molecule is CS(=O)(=O)N[C@@H]1c2ccccc2CC12CCOCC2. The molecule has 0 saturated carbocycles. The molecule has 3 rings (SSSR count). The zero-order valence-corrected chi connectivity index (χ0v) is 11.9. The summed E-state index contributed by atoms with van der Waals surface area (Å²) in [5.74, 6) is 0. The van der Waals surface area contributed by atoms with Crippen molar-refractivity contribution in [3.8, 4) is 0 Å². The first kappa shape index (κ1) is 13.1. The molecule has 104 valence electrons. The van der Waals surface area contributed by atoms with Crippen LogP contribution >= 0.6 is 0 Å². The standard InChI is InChI=1S/C14H19NO3S/c1-19(16,17)15-13-12-5-3-2-4-11(12)10-14(13)6-8-18-9-7-14/h2-5,13,15H,6-10H2,1H3/t13-/m1/s1. The minimum atomic E-state index is -3.22. The van der Waals surface area contributed by atoms with Gasteiger partial charge in [0.15, 0.2) is 0 Å². The summed E-state index contributed by atoms with van der Waals surface area (Å²) in [5, 5.41) is 0. The largest absolute Gasteiger partial charge is 0.381 e. The maximum atomic E-state index is 11.7. The van der Waals surface area contributed by atoms with Gasteiger partial charge < -0.3 is 4.74 Å². The summed E-state index contributed by atoms with van der Waals surface area (Å²) in [4.78, 5) is 0. The Labute approximate surface area is 114 Å². The van der Waals surface area contributed by atoms with Crippen LogP contribution in [0.25, 0.3) is 0 Å². The van der Waals surface area contributed by atoms with Crippen LogP contribution in [0.5, 0.6) is 0 Å². The smallest absolute Gasteiger partial charge is 0.209 e. The van der Waals surface area contributed by atoms with E-state index in [1.54, 1.807) is 0 Å². The number of benzene rings is 1. The van der Waals surface area contributed by atoms with Gasteiger partial charge in [-0.2, -0.15) is 0 Å². The van der Waals surface area contributed by atoms with Gasteiger partial charge in [-0.1, -0.05) is 24.3 Å². The summed E-state index contributed by atoms with van der Waals surface area (Å²) in [6.45, 7) is 1.44. The summed E-state index contributed by atoms with van der Waals surface area (Å²) < 4.78 is 31.7. The third kappa shape index (κ3) is 2.42. The third-order valence-electron chi connectivity index (χ3n) is 4.34. The van der Waals surface area contributed by atoms with Crippen LogP contribution in [0.15, 0.2) is 24.3 Å². The highest BCUT2D eigenvalue weighted by molar-refractivity contribution is 7.88. The van der Waals surface area contributed by atoms with E-state index in [9.17, 15) is 8.42 Å². The molecule has 1 fully saturated rings. The normalized spacial score (nSPS) is 25.4. The molecule has 1 N–H and O–H groups in total. The topological polar surface area (TPSA) is 55.4 Å². The van der Waals surface area contributed by atoms with Gasteiger partial charge in [0.1, 0.15) is 0 Å². The van der Waals surface area contributed by atoms with Crippen molar-refractivity contribution < 1.29 is 13.2 Å². The van der Waals surface area contributed by atoms with Gasteiger partial charge in [0.05, 0.1) is 12.3 Å². The van der Waals surface area contributed by atoms with E-state index in [4.69, 9.17) is 4.74 Å². The molecule has 1 aromatic rings. The number of sulfonamides is 1. The van der Waals surface area contributed by atoms with Gasteiger partial charge in [-0.3, -0.25) is 0 Å². The summed E-state index contributed by atoms with van der Waals surface area (Å²) >= 11 is 0. The second-order valence-corrected chi connectivity index (χ2v) is 7.45. The fourth-order valence-electron chi connectivity index (χ4n) is 3.43. The minimum Gasteiger partial charge on any atom is -0.381 e. The van der Waals surface area contributed by atoms with Crippen molar-refractivity contribution in [1.29, 1.82) is 0 Å². The quantitative estimate of drug-likeness (QED) is 0.896. The summed E-state index contributed by atoms with van der Waals surface area (Å²) in [6, 6.07) is 8.05. The summed E-state index contributed by atoms with van der Waals surface area (Å²) in [6.07, 6.45) is 4.00. The van der Waals surface area contributed by atoms with Crippen LogP contribution < -0.4 is 4.72 Å². The molecule has 1 heterocycles. The predicted molar refractivity (Wildman–Crippen MR) is 73.4 cm³/mol. The van der Waals surface area contributed by atoms with E-state index < -0.39 is 10.0 Å². The molecule has 0 radical (unpaired) electrons. The molecule has 19 heavy (non-hydrogen) atoms. The number of hydrogen-bond donors (Lipinski definition) is 1. The first-order valence-corrected chi connectivity index (χ1v) is 8.52. The molecular weight excluding hydrogens is 262 g/mol. The average molecular weight is 281 g/mol. The molecule has 0 aromatic heterocycles. The van der Waals surface area contributed by atoms with Crippen LogP contribution in [-0.4, -0.2) is 27.9 Å². The minimum absolute atomic E-state index is 0.00891. The van der Waals surface area contributed by atoms with Crippen molar-refractivity contribution in [3.05, 3.63) is 35.4 Å². The van der Waals surface area contributed by atoms with Crippen molar-refractivity contribution in [2.75, 3.05) is 19.5 Å². The monoisotopic (exact) mass is 281 g/mol. The molecule has 1 aliphatic carbocycles. The number of nitrogens with one attached hydrogen (secondary N) is 1. The van der Waals surface area contributed by atoms with Gasteiger partial charge in [-0.05, 0) is 35.8 Å². The van der Waals surface area contributed by atoms with E-state index in [2.05, 4.69) is 10.8 Å². The molecule has 0 bridgehead atoms. The van der Waals surface area contributed by atoms with Crippen LogP contribution in [0.3, 0.4) is 0 Å². The van der Waals surface area contributed by atoms with E-state index in [0.717, 1.165) is 38.0 Å². The molecule has 1 aromatic carbocycles. The Hall–Kier alpha value is -0.910. The Bertz CT molecular complexity index is 576. The van der Waals surface area contributed by atoms with Gasteiger partial charge in [0, 0.05) is 13.2 Å². The number of ether oxygens (including phenoxy) is 1. The zero-order valence-electron chi connectivity index (χ0n) is 11.1. The molecule has 1 aliphatic heterocycles. The van der Waals surface area contributed by atoms with Crippen LogP contribution in [-0.2, 0) is 21.2 Å². The Balaban J connectivity index is 2.02. The maximum Gasteiger partial charge on any atom is 0.209 e. The molecule has 4 nitrogen and oxygen atoms in total. The van der Waals surface area contributed by atoms with Gasteiger partial charge in [0.2, 0.25) is 10.0 Å². The third-order valence-corrected chi connectivity index (χ3v) is 5.01.